The first-order chi connectivity index (χ1) is 6.24. The second kappa shape index (κ2) is 4.13. The molecule has 1 heterocycles. The summed E-state index contributed by atoms with van der Waals surface area (Å²) in [4.78, 5) is 13.4. The van der Waals surface area contributed by atoms with E-state index in [4.69, 9.17) is 5.26 Å². The molecule has 0 saturated carbocycles. The van der Waals surface area contributed by atoms with Crippen LogP contribution in [0, 0.1) is 30.1 Å². The third-order valence-corrected chi connectivity index (χ3v) is 1.51. The van der Waals surface area contributed by atoms with Crippen LogP contribution in [0.15, 0.2) is 16.9 Å². The van der Waals surface area contributed by atoms with Gasteiger partial charge in [-0.3, -0.25) is 4.79 Å². The van der Waals surface area contributed by atoms with Crippen LogP contribution in [0.2, 0.25) is 0 Å². The molecule has 0 unspecified atom stereocenters. The third kappa shape index (κ3) is 2.50. The molecule has 0 bridgehead atoms. The van der Waals surface area contributed by atoms with Crippen molar-refractivity contribution in [2.45, 2.75) is 13.3 Å². The molecule has 1 rings (SSSR count). The molecule has 0 radical (unpaired) electrons. The van der Waals surface area contributed by atoms with E-state index in [1.54, 1.807) is 13.0 Å². The minimum atomic E-state index is -0.136. The van der Waals surface area contributed by atoms with Crippen molar-refractivity contribution >= 4 is 0 Å². The van der Waals surface area contributed by atoms with E-state index in [0.717, 1.165) is 11.3 Å². The van der Waals surface area contributed by atoms with Gasteiger partial charge in [0.1, 0.15) is 0 Å². The number of nitrogens with zero attached hydrogens (tertiary/aromatic N) is 1. The van der Waals surface area contributed by atoms with Gasteiger partial charge in [-0.25, -0.2) is 0 Å². The van der Waals surface area contributed by atoms with Crippen molar-refractivity contribution in [3.05, 3.63) is 33.7 Å². The summed E-state index contributed by atoms with van der Waals surface area (Å²) in [7, 11) is 0. The maximum atomic E-state index is 10.8. The van der Waals surface area contributed by atoms with Crippen molar-refractivity contribution in [1.82, 2.24) is 4.98 Å². The van der Waals surface area contributed by atoms with E-state index in [2.05, 4.69) is 16.8 Å². The van der Waals surface area contributed by atoms with Gasteiger partial charge in [-0.15, -0.1) is 0 Å². The molecule has 0 aliphatic heterocycles. The van der Waals surface area contributed by atoms with E-state index < -0.39 is 0 Å². The fraction of sp³-hybridized carbons (Fsp3) is 0.200. The summed E-state index contributed by atoms with van der Waals surface area (Å²) >= 11 is 0. The van der Waals surface area contributed by atoms with Crippen LogP contribution in [0.1, 0.15) is 17.7 Å². The minimum absolute atomic E-state index is 0.136. The summed E-state index contributed by atoms with van der Waals surface area (Å²) in [6, 6.07) is 4.99. The molecule has 0 aliphatic carbocycles. The normalized spacial score (nSPS) is 8.31. The average Bonchev–Trinajstić information content (AvgIpc) is 2.09. The van der Waals surface area contributed by atoms with Gasteiger partial charge in [0.25, 0.3) is 0 Å². The Balaban J connectivity index is 3.00. The van der Waals surface area contributed by atoms with Gasteiger partial charge in [0.2, 0.25) is 5.56 Å². The Labute approximate surface area is 76.0 Å². The first kappa shape index (κ1) is 9.09. The number of nitriles is 1. The van der Waals surface area contributed by atoms with Crippen LogP contribution < -0.4 is 5.56 Å². The molecule has 1 aromatic heterocycles. The quantitative estimate of drug-likeness (QED) is 0.592. The summed E-state index contributed by atoms with van der Waals surface area (Å²) in [5.74, 6) is 5.48. The molecule has 3 nitrogen and oxygen atoms in total. The molecule has 1 aromatic rings. The molecule has 1 N–H and O–H groups in total. The fourth-order valence-electron chi connectivity index (χ4n) is 0.892. The number of aromatic nitrogens is 1. The van der Waals surface area contributed by atoms with Gasteiger partial charge in [0.15, 0.2) is 0 Å². The number of aryl methyl sites for hydroxylation is 1. The highest BCUT2D eigenvalue weighted by molar-refractivity contribution is 5.37. The molecular weight excluding hydrogens is 164 g/mol. The zero-order valence-corrected chi connectivity index (χ0v) is 7.22. The van der Waals surface area contributed by atoms with Crippen molar-refractivity contribution in [3.8, 4) is 17.9 Å². The number of aromatic amines is 1. The summed E-state index contributed by atoms with van der Waals surface area (Å²) in [6.45, 7) is 1.78. The third-order valence-electron chi connectivity index (χ3n) is 1.51. The van der Waals surface area contributed by atoms with Crippen LogP contribution in [0.25, 0.3) is 0 Å². The van der Waals surface area contributed by atoms with Crippen LogP contribution in [0.3, 0.4) is 0 Å². The summed E-state index contributed by atoms with van der Waals surface area (Å²) in [6.07, 6.45) is 0.207. The highest BCUT2D eigenvalue weighted by atomic mass is 16.1. The van der Waals surface area contributed by atoms with Crippen molar-refractivity contribution in [1.29, 1.82) is 5.26 Å². The number of hydrogen-bond acceptors (Lipinski definition) is 2. The molecule has 0 spiro atoms. The Morgan fingerprint density at radius 2 is 2.31 bits per heavy atom. The average molecular weight is 172 g/mol. The highest BCUT2D eigenvalue weighted by Crippen LogP contribution is 1.97. The predicted octanol–water partition coefficient (Wildman–Crippen LogP) is 0.948. The Bertz CT molecular complexity index is 454. The Kier molecular flexibility index (Phi) is 2.89. The van der Waals surface area contributed by atoms with Crippen molar-refractivity contribution in [2.24, 2.45) is 0 Å². The number of H-pyrrole nitrogens is 1. The van der Waals surface area contributed by atoms with Crippen LogP contribution in [-0.2, 0) is 0 Å². The maximum Gasteiger partial charge on any atom is 0.248 e. The highest BCUT2D eigenvalue weighted by Gasteiger charge is 1.92. The van der Waals surface area contributed by atoms with E-state index in [0.29, 0.717) is 0 Å². The fourth-order valence-corrected chi connectivity index (χ4v) is 0.892. The molecule has 0 atom stereocenters. The number of hydrogen-bond donors (Lipinski definition) is 1. The second-order valence-electron chi connectivity index (χ2n) is 2.50. The van der Waals surface area contributed by atoms with Crippen LogP contribution in [0.5, 0.6) is 0 Å². The van der Waals surface area contributed by atoms with Crippen LogP contribution in [-0.4, -0.2) is 4.98 Å². The molecule has 0 aromatic carbocycles. The lowest BCUT2D eigenvalue weighted by molar-refractivity contribution is 1.13. The molecule has 0 fully saturated rings. The van der Waals surface area contributed by atoms with Gasteiger partial charge in [-0.1, -0.05) is 11.8 Å². The monoisotopic (exact) mass is 172 g/mol. The van der Waals surface area contributed by atoms with Gasteiger partial charge < -0.3 is 4.98 Å². The van der Waals surface area contributed by atoms with Crippen molar-refractivity contribution in [3.63, 3.8) is 0 Å². The van der Waals surface area contributed by atoms with Crippen LogP contribution >= 0.6 is 0 Å². The van der Waals surface area contributed by atoms with Gasteiger partial charge in [-0.2, -0.15) is 5.26 Å². The number of nitrogens with one attached hydrogen (secondary N) is 1. The van der Waals surface area contributed by atoms with E-state index in [1.165, 1.54) is 6.07 Å². The van der Waals surface area contributed by atoms with Crippen molar-refractivity contribution < 1.29 is 0 Å². The first-order valence-electron chi connectivity index (χ1n) is 3.80. The number of rotatable bonds is 0. The Morgan fingerprint density at radius 3 is 2.92 bits per heavy atom. The molecule has 0 aliphatic rings. The molecule has 0 amide bonds. The smallest absolute Gasteiger partial charge is 0.248 e. The first-order valence-corrected chi connectivity index (χ1v) is 3.80. The van der Waals surface area contributed by atoms with Gasteiger partial charge >= 0.3 is 0 Å². The second-order valence-corrected chi connectivity index (χ2v) is 2.50. The molecule has 0 saturated heterocycles. The van der Waals surface area contributed by atoms with E-state index >= 15 is 0 Å². The van der Waals surface area contributed by atoms with Crippen LogP contribution in [0.4, 0.5) is 0 Å². The Hall–Kier alpha value is -2.00. The van der Waals surface area contributed by atoms with Gasteiger partial charge in [0.05, 0.1) is 12.5 Å². The molecular formula is C10H8N2O. The van der Waals surface area contributed by atoms with Gasteiger partial charge in [-0.05, 0) is 13.0 Å². The molecule has 13 heavy (non-hydrogen) atoms. The topological polar surface area (TPSA) is 56.6 Å². The van der Waals surface area contributed by atoms with E-state index in [1.807, 2.05) is 6.07 Å². The lowest BCUT2D eigenvalue weighted by atomic mass is 10.2. The zero-order valence-electron chi connectivity index (χ0n) is 7.22. The maximum absolute atomic E-state index is 10.8. The lowest BCUT2D eigenvalue weighted by Gasteiger charge is -1.94. The zero-order chi connectivity index (χ0) is 9.68. The molecule has 64 valence electrons. The SMILES string of the molecule is Cc1[nH]c(=O)ccc1C#CCC#N. The Morgan fingerprint density at radius 1 is 1.54 bits per heavy atom. The predicted molar refractivity (Wildman–Crippen MR) is 48.9 cm³/mol. The summed E-state index contributed by atoms with van der Waals surface area (Å²) in [5, 5.41) is 8.25. The minimum Gasteiger partial charge on any atom is -0.325 e. The molecule has 3 heteroatoms. The summed E-state index contributed by atoms with van der Waals surface area (Å²) in [5.41, 5.74) is 1.36. The van der Waals surface area contributed by atoms with Crippen molar-refractivity contribution in [2.75, 3.05) is 0 Å². The van der Waals surface area contributed by atoms with Gasteiger partial charge in [0, 0.05) is 17.3 Å². The number of pyridine rings is 1. The van der Waals surface area contributed by atoms with E-state index in [-0.39, 0.29) is 12.0 Å². The summed E-state index contributed by atoms with van der Waals surface area (Å²) < 4.78 is 0. The largest absolute Gasteiger partial charge is 0.325 e. The van der Waals surface area contributed by atoms with E-state index in [9.17, 15) is 4.79 Å². The standard InChI is InChI=1S/C10H8N2O/c1-8-9(4-2-3-7-11)5-6-10(13)12-8/h5-6H,3H2,1H3,(H,12,13). The lowest BCUT2D eigenvalue weighted by Crippen LogP contribution is -2.05.